The van der Waals surface area contributed by atoms with Gasteiger partial charge in [0.25, 0.3) is 10.0 Å². The lowest BCUT2D eigenvalue weighted by molar-refractivity contribution is -0.139. The average molecular weight is 247 g/mol. The van der Waals surface area contributed by atoms with Crippen molar-refractivity contribution >= 4 is 16.0 Å². The van der Waals surface area contributed by atoms with Crippen LogP contribution in [0.2, 0.25) is 0 Å². The fourth-order valence-corrected chi connectivity index (χ4v) is 2.33. The third-order valence-corrected chi connectivity index (χ3v) is 3.29. The molecule has 90 valence electrons. The zero-order chi connectivity index (χ0) is 12.2. The number of sulfonamides is 1. The number of aliphatic carboxylic acids is 1. The Hall–Kier alpha value is -1.34. The molecular weight excluding hydrogens is 234 g/mol. The van der Waals surface area contributed by atoms with Gasteiger partial charge < -0.3 is 9.52 Å². The summed E-state index contributed by atoms with van der Waals surface area (Å²) < 4.78 is 30.0. The van der Waals surface area contributed by atoms with Crippen LogP contribution in [0.1, 0.15) is 19.8 Å². The lowest BCUT2D eigenvalue weighted by atomic mass is 10.2. The van der Waals surface area contributed by atoms with Gasteiger partial charge in [0, 0.05) is 0 Å². The molecule has 0 aliphatic heterocycles. The van der Waals surface area contributed by atoms with Gasteiger partial charge in [0.2, 0.25) is 5.09 Å². The van der Waals surface area contributed by atoms with Gasteiger partial charge in [0.1, 0.15) is 6.04 Å². The van der Waals surface area contributed by atoms with Crippen LogP contribution in [0.25, 0.3) is 0 Å². The smallest absolute Gasteiger partial charge is 0.321 e. The summed E-state index contributed by atoms with van der Waals surface area (Å²) in [5.41, 5.74) is 0. The maximum Gasteiger partial charge on any atom is 0.321 e. The molecule has 1 unspecified atom stereocenters. The van der Waals surface area contributed by atoms with E-state index in [2.05, 4.69) is 4.72 Å². The molecule has 1 heterocycles. The second-order valence-corrected chi connectivity index (χ2v) is 4.88. The van der Waals surface area contributed by atoms with Crippen molar-refractivity contribution in [1.29, 1.82) is 0 Å². The Bertz CT molecular complexity index is 436. The lowest BCUT2D eigenvalue weighted by Gasteiger charge is -2.12. The van der Waals surface area contributed by atoms with Gasteiger partial charge in [-0.3, -0.25) is 4.79 Å². The molecule has 2 N–H and O–H groups in total. The van der Waals surface area contributed by atoms with E-state index in [0.29, 0.717) is 6.42 Å². The molecule has 0 aliphatic rings. The van der Waals surface area contributed by atoms with Gasteiger partial charge in [-0.1, -0.05) is 13.3 Å². The van der Waals surface area contributed by atoms with Crippen molar-refractivity contribution < 1.29 is 22.7 Å². The molecule has 1 aromatic heterocycles. The maximum atomic E-state index is 11.6. The summed E-state index contributed by atoms with van der Waals surface area (Å²) in [6.45, 7) is 1.77. The highest BCUT2D eigenvalue weighted by molar-refractivity contribution is 7.89. The predicted octanol–water partition coefficient (Wildman–Crippen LogP) is 0.811. The molecule has 0 saturated carbocycles. The van der Waals surface area contributed by atoms with Crippen molar-refractivity contribution in [3.05, 3.63) is 18.4 Å². The predicted molar refractivity (Wildman–Crippen MR) is 55.4 cm³/mol. The van der Waals surface area contributed by atoms with Crippen molar-refractivity contribution in [2.24, 2.45) is 0 Å². The molecular formula is C9H13NO5S. The van der Waals surface area contributed by atoms with E-state index < -0.39 is 22.0 Å². The highest BCUT2D eigenvalue weighted by Gasteiger charge is 2.26. The minimum Gasteiger partial charge on any atom is -0.480 e. The number of carboxylic acids is 1. The van der Waals surface area contributed by atoms with Gasteiger partial charge in [-0.2, -0.15) is 4.72 Å². The normalized spacial score (nSPS) is 13.6. The Balaban J connectivity index is 2.82. The maximum absolute atomic E-state index is 11.6. The van der Waals surface area contributed by atoms with Crippen molar-refractivity contribution in [1.82, 2.24) is 4.72 Å². The Kier molecular flexibility index (Phi) is 4.08. The molecule has 1 aromatic rings. The van der Waals surface area contributed by atoms with Gasteiger partial charge in [-0.05, 0) is 18.6 Å². The quantitative estimate of drug-likeness (QED) is 0.775. The van der Waals surface area contributed by atoms with E-state index in [9.17, 15) is 13.2 Å². The number of carboxylic acid groups (broad SMARTS) is 1. The van der Waals surface area contributed by atoms with E-state index in [4.69, 9.17) is 9.52 Å². The monoisotopic (exact) mass is 247 g/mol. The Morgan fingerprint density at radius 2 is 2.31 bits per heavy atom. The molecule has 1 atom stereocenters. The second kappa shape index (κ2) is 5.13. The topological polar surface area (TPSA) is 96.6 Å². The molecule has 7 heteroatoms. The van der Waals surface area contributed by atoms with Crippen molar-refractivity contribution in [3.8, 4) is 0 Å². The van der Waals surface area contributed by atoms with Gasteiger partial charge in [-0.15, -0.1) is 0 Å². The highest BCUT2D eigenvalue weighted by atomic mass is 32.2. The summed E-state index contributed by atoms with van der Waals surface area (Å²) in [7, 11) is -3.88. The third kappa shape index (κ3) is 3.07. The number of rotatable bonds is 6. The van der Waals surface area contributed by atoms with Crippen molar-refractivity contribution in [3.63, 3.8) is 0 Å². The zero-order valence-corrected chi connectivity index (χ0v) is 9.53. The minimum atomic E-state index is -3.88. The van der Waals surface area contributed by atoms with Crippen LogP contribution in [0.4, 0.5) is 0 Å². The Labute approximate surface area is 93.3 Å². The average Bonchev–Trinajstić information content (AvgIpc) is 2.69. The van der Waals surface area contributed by atoms with E-state index in [1.165, 1.54) is 18.4 Å². The molecule has 0 fully saturated rings. The zero-order valence-electron chi connectivity index (χ0n) is 8.71. The molecule has 1 rings (SSSR count). The van der Waals surface area contributed by atoms with Crippen LogP contribution in [0.15, 0.2) is 27.9 Å². The molecule has 6 nitrogen and oxygen atoms in total. The Morgan fingerprint density at radius 3 is 2.75 bits per heavy atom. The largest absolute Gasteiger partial charge is 0.480 e. The molecule has 0 aliphatic carbocycles. The number of hydrogen-bond donors (Lipinski definition) is 2. The molecule has 16 heavy (non-hydrogen) atoms. The SMILES string of the molecule is CCCC(NS(=O)(=O)c1ccco1)C(=O)O. The van der Waals surface area contributed by atoms with Gasteiger partial charge >= 0.3 is 5.97 Å². The van der Waals surface area contributed by atoms with E-state index in [-0.39, 0.29) is 11.5 Å². The molecule has 0 amide bonds. The van der Waals surface area contributed by atoms with Gasteiger partial charge in [-0.25, -0.2) is 8.42 Å². The summed E-state index contributed by atoms with van der Waals surface area (Å²) in [5, 5.41) is 8.53. The second-order valence-electron chi connectivity index (χ2n) is 3.23. The van der Waals surface area contributed by atoms with E-state index in [1.54, 1.807) is 6.92 Å². The van der Waals surface area contributed by atoms with Crippen molar-refractivity contribution in [2.45, 2.75) is 30.9 Å². The van der Waals surface area contributed by atoms with E-state index >= 15 is 0 Å². The number of furan rings is 1. The fourth-order valence-electron chi connectivity index (χ4n) is 1.18. The highest BCUT2D eigenvalue weighted by Crippen LogP contribution is 2.10. The summed E-state index contributed by atoms with van der Waals surface area (Å²) in [6, 6.07) is 1.55. The summed E-state index contributed by atoms with van der Waals surface area (Å²) >= 11 is 0. The third-order valence-electron chi connectivity index (χ3n) is 1.93. The van der Waals surface area contributed by atoms with E-state index in [1.807, 2.05) is 0 Å². The summed E-state index contributed by atoms with van der Waals surface area (Å²) in [6.07, 6.45) is 2.01. The standard InChI is InChI=1S/C9H13NO5S/c1-2-4-7(9(11)12)10-16(13,14)8-5-3-6-15-8/h3,5-7,10H,2,4H2,1H3,(H,11,12). The van der Waals surface area contributed by atoms with Crippen LogP contribution in [0, 0.1) is 0 Å². The minimum absolute atomic E-state index is 0.231. The first kappa shape index (κ1) is 12.7. The molecule has 0 aromatic carbocycles. The van der Waals surface area contributed by atoms with Crippen LogP contribution in [0.5, 0.6) is 0 Å². The fraction of sp³-hybridized carbons (Fsp3) is 0.444. The number of hydrogen-bond acceptors (Lipinski definition) is 4. The number of nitrogens with one attached hydrogen (secondary N) is 1. The van der Waals surface area contributed by atoms with Crippen LogP contribution in [-0.2, 0) is 14.8 Å². The molecule has 0 radical (unpaired) electrons. The van der Waals surface area contributed by atoms with Crippen LogP contribution >= 0.6 is 0 Å². The molecule has 0 bridgehead atoms. The first-order valence-electron chi connectivity index (χ1n) is 4.76. The first-order valence-corrected chi connectivity index (χ1v) is 6.24. The van der Waals surface area contributed by atoms with Crippen LogP contribution in [-0.4, -0.2) is 25.5 Å². The van der Waals surface area contributed by atoms with Crippen molar-refractivity contribution in [2.75, 3.05) is 0 Å². The van der Waals surface area contributed by atoms with Crippen LogP contribution in [0.3, 0.4) is 0 Å². The van der Waals surface area contributed by atoms with Gasteiger partial charge in [0.05, 0.1) is 6.26 Å². The summed E-state index contributed by atoms with van der Waals surface area (Å²) in [4.78, 5) is 10.8. The van der Waals surface area contributed by atoms with Crippen LogP contribution < -0.4 is 4.72 Å². The lowest BCUT2D eigenvalue weighted by Crippen LogP contribution is -2.40. The summed E-state index contributed by atoms with van der Waals surface area (Å²) in [5.74, 6) is -1.20. The molecule has 0 spiro atoms. The van der Waals surface area contributed by atoms with E-state index in [0.717, 1.165) is 0 Å². The Morgan fingerprint density at radius 1 is 1.62 bits per heavy atom. The number of carbonyl (C=O) groups is 1. The molecule has 0 saturated heterocycles. The first-order chi connectivity index (χ1) is 7.47. The van der Waals surface area contributed by atoms with Gasteiger partial charge in [0.15, 0.2) is 0 Å².